The lowest BCUT2D eigenvalue weighted by molar-refractivity contribution is -0.127. The molecule has 0 spiro atoms. The number of ether oxygens (including phenoxy) is 1. The predicted molar refractivity (Wildman–Crippen MR) is 107 cm³/mol. The first-order valence-corrected chi connectivity index (χ1v) is 10.5. The molecule has 2 aromatic rings. The van der Waals surface area contributed by atoms with Crippen molar-refractivity contribution in [1.82, 2.24) is 5.32 Å². The molecule has 1 atom stereocenters. The number of benzene rings is 2. The molecule has 0 radical (unpaired) electrons. The number of amides is 1. The second-order valence-corrected chi connectivity index (χ2v) is 8.69. The first-order chi connectivity index (χ1) is 13.1. The molecule has 2 rings (SSSR count). The number of halogens is 2. The summed E-state index contributed by atoms with van der Waals surface area (Å²) in [6.07, 6.45) is -0.722. The predicted octanol–water partition coefficient (Wildman–Crippen LogP) is 3.82. The number of nitrogens with one attached hydrogen (secondary N) is 2. The lowest BCUT2D eigenvalue weighted by Gasteiger charge is -2.16. The molecule has 0 aliphatic carbocycles. The van der Waals surface area contributed by atoms with E-state index in [1.807, 2.05) is 13.8 Å². The highest BCUT2D eigenvalue weighted by Gasteiger charge is 2.17. The Bertz CT molecular complexity index is 933. The molecule has 152 valence electrons. The van der Waals surface area contributed by atoms with Gasteiger partial charge in [-0.15, -0.1) is 0 Å². The number of hydrogen-bond acceptors (Lipinski definition) is 4. The molecule has 9 heteroatoms. The van der Waals surface area contributed by atoms with Gasteiger partial charge in [0.2, 0.25) is 0 Å². The Morgan fingerprint density at radius 2 is 1.79 bits per heavy atom. The van der Waals surface area contributed by atoms with E-state index in [2.05, 4.69) is 10.0 Å². The van der Waals surface area contributed by atoms with Gasteiger partial charge in [0.1, 0.15) is 11.6 Å². The molecule has 0 bridgehead atoms. The summed E-state index contributed by atoms with van der Waals surface area (Å²) in [4.78, 5) is 11.9. The number of rotatable bonds is 8. The lowest BCUT2D eigenvalue weighted by atomic mass is 10.2. The molecule has 28 heavy (non-hydrogen) atoms. The van der Waals surface area contributed by atoms with Crippen LogP contribution in [-0.2, 0) is 14.8 Å². The van der Waals surface area contributed by atoms with Gasteiger partial charge in [-0.2, -0.15) is 0 Å². The maximum Gasteiger partial charge on any atom is 0.261 e. The van der Waals surface area contributed by atoms with Gasteiger partial charge in [-0.05, 0) is 55.3 Å². The van der Waals surface area contributed by atoms with Crippen LogP contribution in [0.5, 0.6) is 5.75 Å². The van der Waals surface area contributed by atoms with Crippen molar-refractivity contribution in [2.75, 3.05) is 11.3 Å². The van der Waals surface area contributed by atoms with E-state index in [-0.39, 0.29) is 21.5 Å². The fourth-order valence-electron chi connectivity index (χ4n) is 2.18. The molecule has 0 aromatic heterocycles. The van der Waals surface area contributed by atoms with Gasteiger partial charge in [0.05, 0.1) is 15.6 Å². The van der Waals surface area contributed by atoms with Crippen LogP contribution >= 0.6 is 11.6 Å². The monoisotopic (exact) mass is 428 g/mol. The molecule has 0 saturated carbocycles. The summed E-state index contributed by atoms with van der Waals surface area (Å²) in [6.45, 7) is 6.13. The van der Waals surface area contributed by atoms with E-state index in [9.17, 15) is 17.6 Å². The van der Waals surface area contributed by atoms with E-state index in [0.717, 1.165) is 6.07 Å². The van der Waals surface area contributed by atoms with Gasteiger partial charge in [-0.1, -0.05) is 25.4 Å². The highest BCUT2D eigenvalue weighted by atomic mass is 35.5. The number of anilines is 1. The van der Waals surface area contributed by atoms with E-state index in [1.54, 1.807) is 6.92 Å². The second kappa shape index (κ2) is 9.25. The van der Waals surface area contributed by atoms with Crippen molar-refractivity contribution in [3.63, 3.8) is 0 Å². The van der Waals surface area contributed by atoms with Crippen molar-refractivity contribution >= 4 is 33.2 Å². The zero-order valence-electron chi connectivity index (χ0n) is 15.7. The zero-order chi connectivity index (χ0) is 20.9. The molecule has 0 saturated heterocycles. The van der Waals surface area contributed by atoms with Crippen LogP contribution in [0.2, 0.25) is 5.02 Å². The van der Waals surface area contributed by atoms with E-state index >= 15 is 0 Å². The average molecular weight is 429 g/mol. The number of sulfonamides is 1. The van der Waals surface area contributed by atoms with Gasteiger partial charge in [-0.25, -0.2) is 12.8 Å². The molecule has 1 amide bonds. The molecule has 0 aliphatic heterocycles. The van der Waals surface area contributed by atoms with Crippen LogP contribution < -0.4 is 14.8 Å². The highest BCUT2D eigenvalue weighted by molar-refractivity contribution is 7.92. The number of carbonyl (C=O) groups excluding carboxylic acids is 1. The summed E-state index contributed by atoms with van der Waals surface area (Å²) < 4.78 is 45.9. The van der Waals surface area contributed by atoms with Gasteiger partial charge in [-0.3, -0.25) is 9.52 Å². The van der Waals surface area contributed by atoms with Crippen LogP contribution in [0.1, 0.15) is 20.8 Å². The van der Waals surface area contributed by atoms with Crippen LogP contribution in [0, 0.1) is 11.7 Å². The molecule has 0 heterocycles. The van der Waals surface area contributed by atoms with Crippen molar-refractivity contribution in [1.29, 1.82) is 0 Å². The quantitative estimate of drug-likeness (QED) is 0.669. The minimum Gasteiger partial charge on any atom is -0.481 e. The van der Waals surface area contributed by atoms with E-state index < -0.39 is 21.9 Å². The van der Waals surface area contributed by atoms with Crippen LogP contribution in [0.3, 0.4) is 0 Å². The van der Waals surface area contributed by atoms with Crippen molar-refractivity contribution in [2.45, 2.75) is 31.8 Å². The first-order valence-electron chi connectivity index (χ1n) is 8.61. The van der Waals surface area contributed by atoms with Crippen LogP contribution in [0.4, 0.5) is 10.1 Å². The summed E-state index contributed by atoms with van der Waals surface area (Å²) in [5.74, 6) is -0.210. The molecular formula is C19H22ClFN2O4S. The Balaban J connectivity index is 2.04. The Kier molecular flexibility index (Phi) is 7.26. The zero-order valence-corrected chi connectivity index (χ0v) is 17.3. The van der Waals surface area contributed by atoms with Crippen LogP contribution in [0.25, 0.3) is 0 Å². The standard InChI is InChI=1S/C19H22ClFN2O4S/c1-12(2)11-22-19(24)13(3)27-15-5-7-16(8-6-15)28(25,26)23-14-4-9-18(21)17(20)10-14/h4-10,12-13,23H,11H2,1-3H3,(H,22,24)/t13-/m1/s1. The maximum absolute atomic E-state index is 13.2. The Labute approximate surface area is 169 Å². The fraction of sp³-hybridized carbons (Fsp3) is 0.316. The molecule has 0 aliphatic rings. The summed E-state index contributed by atoms with van der Waals surface area (Å²) in [6, 6.07) is 9.14. The third-order valence-corrected chi connectivity index (χ3v) is 5.36. The summed E-state index contributed by atoms with van der Waals surface area (Å²) >= 11 is 5.66. The topological polar surface area (TPSA) is 84.5 Å². The van der Waals surface area contributed by atoms with E-state index in [0.29, 0.717) is 18.2 Å². The minimum atomic E-state index is -3.89. The van der Waals surface area contributed by atoms with Gasteiger partial charge in [0.25, 0.3) is 15.9 Å². The van der Waals surface area contributed by atoms with Crippen molar-refractivity contribution in [3.05, 3.63) is 53.3 Å². The Morgan fingerprint density at radius 1 is 1.14 bits per heavy atom. The molecule has 2 aromatic carbocycles. The normalized spacial score (nSPS) is 12.5. The van der Waals surface area contributed by atoms with Crippen LogP contribution in [0.15, 0.2) is 47.4 Å². The Morgan fingerprint density at radius 3 is 2.36 bits per heavy atom. The second-order valence-electron chi connectivity index (χ2n) is 6.60. The van der Waals surface area contributed by atoms with Crippen molar-refractivity contribution < 1.29 is 22.3 Å². The van der Waals surface area contributed by atoms with E-state index in [1.165, 1.54) is 36.4 Å². The molecule has 6 nitrogen and oxygen atoms in total. The van der Waals surface area contributed by atoms with Gasteiger partial charge in [0.15, 0.2) is 6.10 Å². The van der Waals surface area contributed by atoms with E-state index in [4.69, 9.17) is 16.3 Å². The maximum atomic E-state index is 13.2. The minimum absolute atomic E-state index is 0.0165. The largest absolute Gasteiger partial charge is 0.481 e. The number of carbonyl (C=O) groups is 1. The third kappa shape index (κ3) is 6.10. The van der Waals surface area contributed by atoms with Gasteiger partial charge >= 0.3 is 0 Å². The summed E-state index contributed by atoms with van der Waals surface area (Å²) in [5.41, 5.74) is 0.141. The first kappa shape index (κ1) is 22.0. The van der Waals surface area contributed by atoms with Crippen molar-refractivity contribution in [2.24, 2.45) is 5.92 Å². The van der Waals surface area contributed by atoms with Crippen molar-refractivity contribution in [3.8, 4) is 5.75 Å². The van der Waals surface area contributed by atoms with Crippen LogP contribution in [-0.4, -0.2) is 27.0 Å². The van der Waals surface area contributed by atoms with Gasteiger partial charge < -0.3 is 10.1 Å². The summed E-state index contributed by atoms with van der Waals surface area (Å²) in [5, 5.41) is 2.58. The SMILES string of the molecule is CC(C)CNC(=O)[C@@H](C)Oc1ccc(S(=O)(=O)Nc2ccc(F)c(Cl)c2)cc1. The van der Waals surface area contributed by atoms with Gasteiger partial charge in [0, 0.05) is 6.54 Å². The average Bonchev–Trinajstić information content (AvgIpc) is 2.63. The Hall–Kier alpha value is -2.32. The lowest BCUT2D eigenvalue weighted by Crippen LogP contribution is -2.38. The molecule has 2 N–H and O–H groups in total. The fourth-order valence-corrected chi connectivity index (χ4v) is 3.41. The molecule has 0 unspecified atom stereocenters. The molecular weight excluding hydrogens is 407 g/mol. The smallest absolute Gasteiger partial charge is 0.261 e. The third-order valence-electron chi connectivity index (χ3n) is 3.67. The number of hydrogen-bond donors (Lipinski definition) is 2. The summed E-state index contributed by atoms with van der Waals surface area (Å²) in [7, 11) is -3.89. The molecule has 0 fully saturated rings. The highest BCUT2D eigenvalue weighted by Crippen LogP contribution is 2.23.